The van der Waals surface area contributed by atoms with Crippen LogP contribution in [-0.2, 0) is 10.0 Å². The molecule has 1 fully saturated rings. The number of hydrogen-bond donors (Lipinski definition) is 2. The van der Waals surface area contributed by atoms with E-state index in [1.54, 1.807) is 6.92 Å². The van der Waals surface area contributed by atoms with Crippen LogP contribution in [0, 0.1) is 20.8 Å². The minimum Gasteiger partial charge on any atom is -0.398 e. The highest BCUT2D eigenvalue weighted by atomic mass is 32.2. The molecule has 1 aliphatic carbocycles. The maximum atomic E-state index is 12.8. The maximum Gasteiger partial charge on any atom is 0.241 e. The summed E-state index contributed by atoms with van der Waals surface area (Å²) in [6.45, 7) is 7.54. The molecular weight excluding hydrogens is 272 g/mol. The Morgan fingerprint density at radius 3 is 2.30 bits per heavy atom. The van der Waals surface area contributed by atoms with Crippen LogP contribution in [0.3, 0.4) is 0 Å². The monoisotopic (exact) mass is 296 g/mol. The molecule has 0 unspecified atom stereocenters. The molecule has 3 N–H and O–H groups in total. The highest BCUT2D eigenvalue weighted by molar-refractivity contribution is 7.89. The zero-order valence-corrected chi connectivity index (χ0v) is 13.5. The quantitative estimate of drug-likeness (QED) is 0.839. The second-order valence-corrected chi connectivity index (χ2v) is 7.57. The smallest absolute Gasteiger partial charge is 0.241 e. The molecule has 1 aliphatic rings. The number of anilines is 1. The maximum absolute atomic E-state index is 12.8. The first-order valence-electron chi connectivity index (χ1n) is 7.13. The Hall–Kier alpha value is -1.07. The lowest BCUT2D eigenvalue weighted by Gasteiger charge is -2.41. The van der Waals surface area contributed by atoms with Gasteiger partial charge in [0.1, 0.15) is 0 Å². The first-order chi connectivity index (χ1) is 9.22. The van der Waals surface area contributed by atoms with Gasteiger partial charge in [-0.1, -0.05) is 6.92 Å². The summed E-state index contributed by atoms with van der Waals surface area (Å²) in [6, 6.07) is 1.84. The molecule has 1 aromatic rings. The van der Waals surface area contributed by atoms with Crippen LogP contribution in [0.15, 0.2) is 11.0 Å². The van der Waals surface area contributed by atoms with Gasteiger partial charge in [-0.15, -0.1) is 0 Å². The van der Waals surface area contributed by atoms with Gasteiger partial charge in [0.2, 0.25) is 10.0 Å². The fourth-order valence-corrected chi connectivity index (χ4v) is 5.02. The van der Waals surface area contributed by atoms with Crippen LogP contribution in [-0.4, -0.2) is 14.0 Å². The van der Waals surface area contributed by atoms with E-state index < -0.39 is 10.0 Å². The molecule has 5 heteroatoms. The van der Waals surface area contributed by atoms with Crippen LogP contribution < -0.4 is 10.5 Å². The number of aryl methyl sites for hydroxylation is 1. The predicted octanol–water partition coefficient (Wildman–Crippen LogP) is 2.81. The first kappa shape index (κ1) is 15.3. The second-order valence-electron chi connectivity index (χ2n) is 5.95. The topological polar surface area (TPSA) is 72.2 Å². The Kier molecular flexibility index (Phi) is 3.86. The Morgan fingerprint density at radius 1 is 1.25 bits per heavy atom. The van der Waals surface area contributed by atoms with Crippen molar-refractivity contribution < 1.29 is 8.42 Å². The van der Waals surface area contributed by atoms with Gasteiger partial charge >= 0.3 is 0 Å². The lowest BCUT2D eigenvalue weighted by molar-refractivity contribution is 0.214. The number of rotatable bonds is 4. The van der Waals surface area contributed by atoms with E-state index in [0.29, 0.717) is 16.1 Å². The highest BCUT2D eigenvalue weighted by Crippen LogP contribution is 2.37. The van der Waals surface area contributed by atoms with Gasteiger partial charge in [0.05, 0.1) is 4.90 Å². The molecule has 112 valence electrons. The number of benzene rings is 1. The number of nitrogens with two attached hydrogens (primary N) is 1. The predicted molar refractivity (Wildman–Crippen MR) is 82.3 cm³/mol. The van der Waals surface area contributed by atoms with Crippen LogP contribution in [0.2, 0.25) is 0 Å². The van der Waals surface area contributed by atoms with E-state index in [1.165, 1.54) is 0 Å². The lowest BCUT2D eigenvalue weighted by atomic mass is 9.76. The molecule has 0 amide bonds. The Morgan fingerprint density at radius 2 is 1.85 bits per heavy atom. The third-order valence-corrected chi connectivity index (χ3v) is 6.54. The standard InChI is InChI=1S/C15H24N2O2S/c1-5-15(7-6-8-15)17-20(18,19)14-11(3)10(2)9-13(16)12(14)4/h9,17H,5-8,16H2,1-4H3. The van der Waals surface area contributed by atoms with Crippen LogP contribution >= 0.6 is 0 Å². The third-order valence-electron chi connectivity index (χ3n) is 4.68. The van der Waals surface area contributed by atoms with Gasteiger partial charge in [-0.25, -0.2) is 13.1 Å². The lowest BCUT2D eigenvalue weighted by Crippen LogP contribution is -2.53. The van der Waals surface area contributed by atoms with Gasteiger partial charge in [-0.3, -0.25) is 0 Å². The molecule has 0 heterocycles. The van der Waals surface area contributed by atoms with Gasteiger partial charge in [-0.2, -0.15) is 0 Å². The molecule has 0 radical (unpaired) electrons. The van der Waals surface area contributed by atoms with Crippen LogP contribution in [0.1, 0.15) is 49.3 Å². The van der Waals surface area contributed by atoms with Crippen molar-refractivity contribution in [2.45, 2.75) is 63.8 Å². The summed E-state index contributed by atoms with van der Waals surface area (Å²) in [7, 11) is -3.53. The number of nitrogens with one attached hydrogen (secondary N) is 1. The molecule has 4 nitrogen and oxygen atoms in total. The highest BCUT2D eigenvalue weighted by Gasteiger charge is 2.40. The number of sulfonamides is 1. The molecule has 1 saturated carbocycles. The van der Waals surface area contributed by atoms with Crippen molar-refractivity contribution in [3.63, 3.8) is 0 Å². The summed E-state index contributed by atoms with van der Waals surface area (Å²) >= 11 is 0. The third kappa shape index (κ3) is 2.44. The average molecular weight is 296 g/mol. The van der Waals surface area contributed by atoms with Gasteiger partial charge in [-0.05, 0) is 69.2 Å². The van der Waals surface area contributed by atoms with E-state index in [2.05, 4.69) is 4.72 Å². The molecule has 0 spiro atoms. The van der Waals surface area contributed by atoms with Crippen LogP contribution in [0.4, 0.5) is 5.69 Å². The van der Waals surface area contributed by atoms with Gasteiger partial charge in [0.15, 0.2) is 0 Å². The van der Waals surface area contributed by atoms with Crippen molar-refractivity contribution in [2.75, 3.05) is 5.73 Å². The molecule has 2 rings (SSSR count). The molecule has 20 heavy (non-hydrogen) atoms. The fourth-order valence-electron chi connectivity index (χ4n) is 2.91. The van der Waals surface area contributed by atoms with Crippen LogP contribution in [0.25, 0.3) is 0 Å². The largest absolute Gasteiger partial charge is 0.398 e. The zero-order valence-electron chi connectivity index (χ0n) is 12.7. The summed E-state index contributed by atoms with van der Waals surface area (Å²) in [5.74, 6) is 0. The summed E-state index contributed by atoms with van der Waals surface area (Å²) < 4.78 is 28.5. The minimum atomic E-state index is -3.53. The van der Waals surface area contributed by atoms with Crippen molar-refractivity contribution in [3.05, 3.63) is 22.8 Å². The Balaban J connectivity index is 2.50. The molecule has 0 bridgehead atoms. The van der Waals surface area contributed by atoms with Crippen molar-refractivity contribution in [1.29, 1.82) is 0 Å². The first-order valence-corrected chi connectivity index (χ1v) is 8.61. The van der Waals surface area contributed by atoms with E-state index in [-0.39, 0.29) is 5.54 Å². The Bertz CT molecular complexity index is 600. The molecule has 0 saturated heterocycles. The minimum absolute atomic E-state index is 0.254. The van der Waals surface area contributed by atoms with Gasteiger partial charge in [0, 0.05) is 11.2 Å². The molecule has 0 aliphatic heterocycles. The van der Waals surface area contributed by atoms with Crippen molar-refractivity contribution in [3.8, 4) is 0 Å². The normalized spacial score (nSPS) is 17.8. The van der Waals surface area contributed by atoms with E-state index in [0.717, 1.165) is 36.8 Å². The zero-order chi connectivity index (χ0) is 15.1. The number of hydrogen-bond acceptors (Lipinski definition) is 3. The molecule has 1 aromatic carbocycles. The fraction of sp³-hybridized carbons (Fsp3) is 0.600. The van der Waals surface area contributed by atoms with E-state index in [4.69, 9.17) is 5.73 Å². The Labute approximate surface area is 121 Å². The molecule has 0 atom stereocenters. The van der Waals surface area contributed by atoms with E-state index >= 15 is 0 Å². The van der Waals surface area contributed by atoms with Gasteiger partial charge in [0.25, 0.3) is 0 Å². The molecule has 0 aromatic heterocycles. The van der Waals surface area contributed by atoms with Gasteiger partial charge < -0.3 is 5.73 Å². The van der Waals surface area contributed by atoms with E-state index in [1.807, 2.05) is 26.8 Å². The summed E-state index contributed by atoms with van der Waals surface area (Å²) in [5, 5.41) is 0. The summed E-state index contributed by atoms with van der Waals surface area (Å²) in [6.07, 6.45) is 3.75. The van der Waals surface area contributed by atoms with Crippen molar-refractivity contribution in [2.24, 2.45) is 0 Å². The summed E-state index contributed by atoms with van der Waals surface area (Å²) in [4.78, 5) is 0.356. The SMILES string of the molecule is CCC1(NS(=O)(=O)c2c(C)c(C)cc(N)c2C)CCC1. The van der Waals surface area contributed by atoms with Crippen LogP contribution in [0.5, 0.6) is 0 Å². The van der Waals surface area contributed by atoms with E-state index in [9.17, 15) is 8.42 Å². The number of nitrogen functional groups attached to an aromatic ring is 1. The van der Waals surface area contributed by atoms with Crippen molar-refractivity contribution in [1.82, 2.24) is 4.72 Å². The second kappa shape index (κ2) is 5.04. The molecular formula is C15H24N2O2S. The average Bonchev–Trinajstić information content (AvgIpc) is 2.31. The summed E-state index contributed by atoms with van der Waals surface area (Å²) in [5.41, 5.74) is 8.56. The van der Waals surface area contributed by atoms with Crippen molar-refractivity contribution >= 4 is 15.7 Å².